The molecule has 19 heavy (non-hydrogen) atoms. The molecule has 6 heteroatoms. The Bertz CT molecular complexity index is 298. The van der Waals surface area contributed by atoms with Crippen molar-refractivity contribution in [1.29, 1.82) is 0 Å². The van der Waals surface area contributed by atoms with Gasteiger partial charge in [-0.15, -0.1) is 12.4 Å². The second-order valence-electron chi connectivity index (χ2n) is 5.43. The second kappa shape index (κ2) is 7.72. The van der Waals surface area contributed by atoms with Crippen molar-refractivity contribution in [2.75, 3.05) is 18.1 Å². The molecule has 0 aliphatic carbocycles. The number of thioether (sulfide) groups is 1. The van der Waals surface area contributed by atoms with E-state index in [0.29, 0.717) is 0 Å². The Labute approximate surface area is 126 Å². The number of halogens is 1. The van der Waals surface area contributed by atoms with Gasteiger partial charge in [-0.25, -0.2) is 0 Å². The van der Waals surface area contributed by atoms with Crippen molar-refractivity contribution in [1.82, 2.24) is 5.32 Å². The molecule has 2 aliphatic rings. The first kappa shape index (κ1) is 17.1. The van der Waals surface area contributed by atoms with E-state index in [2.05, 4.69) is 5.32 Å². The van der Waals surface area contributed by atoms with Crippen LogP contribution >= 0.6 is 24.2 Å². The van der Waals surface area contributed by atoms with Gasteiger partial charge in [0.2, 0.25) is 5.91 Å². The average Bonchev–Trinajstić information content (AvgIpc) is 2.77. The largest absolute Gasteiger partial charge is 0.374 e. The molecule has 0 aromatic rings. The normalized spacial score (nSPS) is 31.8. The molecule has 1 spiro atoms. The molecule has 2 saturated heterocycles. The highest BCUT2D eigenvalue weighted by Crippen LogP contribution is 2.38. The van der Waals surface area contributed by atoms with E-state index in [-0.39, 0.29) is 36.0 Å². The second-order valence-corrected chi connectivity index (χ2v) is 6.53. The van der Waals surface area contributed by atoms with Crippen LogP contribution in [0.25, 0.3) is 0 Å². The number of hydrogen-bond donors (Lipinski definition) is 2. The highest BCUT2D eigenvalue weighted by atomic mass is 35.5. The van der Waals surface area contributed by atoms with Crippen LogP contribution in [0.2, 0.25) is 0 Å². The summed E-state index contributed by atoms with van der Waals surface area (Å²) in [6.45, 7) is 2.81. The highest BCUT2D eigenvalue weighted by Gasteiger charge is 2.40. The van der Waals surface area contributed by atoms with Gasteiger partial charge in [-0.3, -0.25) is 4.79 Å². The van der Waals surface area contributed by atoms with Crippen LogP contribution in [0.3, 0.4) is 0 Å². The zero-order valence-electron chi connectivity index (χ0n) is 11.5. The van der Waals surface area contributed by atoms with E-state index in [9.17, 15) is 4.79 Å². The molecule has 0 aromatic heterocycles. The van der Waals surface area contributed by atoms with E-state index in [1.165, 1.54) is 5.75 Å². The standard InChI is InChI=1S/C13H24N2O2S.ClH/c1-2-3-11(14)12(16)15-10-4-6-17-13(8-10)5-7-18-9-13;/h10-11H,2-9,14H2,1H3,(H,15,16);1H. The van der Waals surface area contributed by atoms with Gasteiger partial charge in [-0.05, 0) is 31.4 Å². The fourth-order valence-electron chi connectivity index (χ4n) is 2.76. The molecule has 0 saturated carbocycles. The lowest BCUT2D eigenvalue weighted by atomic mass is 9.89. The molecule has 3 unspecified atom stereocenters. The summed E-state index contributed by atoms with van der Waals surface area (Å²) in [4.78, 5) is 11.9. The van der Waals surface area contributed by atoms with Gasteiger partial charge in [-0.2, -0.15) is 11.8 Å². The van der Waals surface area contributed by atoms with Crippen LogP contribution in [0, 0.1) is 0 Å². The van der Waals surface area contributed by atoms with Crippen molar-refractivity contribution in [3.63, 3.8) is 0 Å². The SMILES string of the molecule is CCCC(N)C(=O)NC1CCOC2(CCSC2)C1.Cl. The Morgan fingerprint density at radius 2 is 2.42 bits per heavy atom. The quantitative estimate of drug-likeness (QED) is 0.830. The van der Waals surface area contributed by atoms with Crippen LogP contribution in [0.1, 0.15) is 39.0 Å². The fourth-order valence-corrected chi connectivity index (χ4v) is 4.14. The molecule has 2 aliphatic heterocycles. The molecule has 1 amide bonds. The number of hydrogen-bond acceptors (Lipinski definition) is 4. The Kier molecular flexibility index (Phi) is 6.94. The number of rotatable bonds is 4. The van der Waals surface area contributed by atoms with Crippen LogP contribution in [0.15, 0.2) is 0 Å². The number of nitrogens with one attached hydrogen (secondary N) is 1. The first-order valence-corrected chi connectivity index (χ1v) is 8.08. The Balaban J connectivity index is 0.00000180. The third kappa shape index (κ3) is 4.52. The van der Waals surface area contributed by atoms with Gasteiger partial charge in [0.1, 0.15) is 0 Å². The summed E-state index contributed by atoms with van der Waals surface area (Å²) in [5, 5.41) is 3.10. The lowest BCUT2D eigenvalue weighted by Crippen LogP contribution is -2.52. The summed E-state index contributed by atoms with van der Waals surface area (Å²) in [6, 6.07) is -0.111. The van der Waals surface area contributed by atoms with Gasteiger partial charge in [0.25, 0.3) is 0 Å². The minimum atomic E-state index is -0.355. The molecule has 3 atom stereocenters. The van der Waals surface area contributed by atoms with Gasteiger partial charge in [0, 0.05) is 18.4 Å². The maximum atomic E-state index is 11.9. The number of amides is 1. The average molecular weight is 309 g/mol. The monoisotopic (exact) mass is 308 g/mol. The van der Waals surface area contributed by atoms with Gasteiger partial charge in [-0.1, -0.05) is 13.3 Å². The summed E-state index contributed by atoms with van der Waals surface area (Å²) < 4.78 is 5.94. The third-order valence-corrected chi connectivity index (χ3v) is 5.07. The van der Waals surface area contributed by atoms with Crippen molar-refractivity contribution < 1.29 is 9.53 Å². The van der Waals surface area contributed by atoms with Crippen molar-refractivity contribution in [3.05, 3.63) is 0 Å². The topological polar surface area (TPSA) is 64.4 Å². The number of carbonyl (C=O) groups is 1. The van der Waals surface area contributed by atoms with Gasteiger partial charge < -0.3 is 15.8 Å². The summed E-state index contributed by atoms with van der Waals surface area (Å²) >= 11 is 1.95. The van der Waals surface area contributed by atoms with E-state index in [1.54, 1.807) is 0 Å². The summed E-state index contributed by atoms with van der Waals surface area (Å²) in [5.74, 6) is 2.25. The van der Waals surface area contributed by atoms with E-state index < -0.39 is 0 Å². The van der Waals surface area contributed by atoms with Crippen molar-refractivity contribution in [3.8, 4) is 0 Å². The predicted octanol–water partition coefficient (Wildman–Crippen LogP) is 1.71. The highest BCUT2D eigenvalue weighted by molar-refractivity contribution is 7.99. The first-order valence-electron chi connectivity index (χ1n) is 6.93. The van der Waals surface area contributed by atoms with Crippen LogP contribution < -0.4 is 11.1 Å². The molecule has 0 radical (unpaired) electrons. The van der Waals surface area contributed by atoms with Crippen molar-refractivity contribution in [2.45, 2.75) is 56.7 Å². The molecule has 0 bridgehead atoms. The zero-order valence-corrected chi connectivity index (χ0v) is 13.2. The minimum absolute atomic E-state index is 0. The molecule has 2 rings (SSSR count). The Morgan fingerprint density at radius 1 is 1.63 bits per heavy atom. The van der Waals surface area contributed by atoms with Gasteiger partial charge >= 0.3 is 0 Å². The maximum Gasteiger partial charge on any atom is 0.237 e. The van der Waals surface area contributed by atoms with Crippen molar-refractivity contribution in [2.24, 2.45) is 5.73 Å². The molecule has 2 heterocycles. The molecule has 4 nitrogen and oxygen atoms in total. The third-order valence-electron chi connectivity index (χ3n) is 3.84. The molecular weight excluding hydrogens is 284 g/mol. The number of carbonyl (C=O) groups excluding carboxylic acids is 1. The number of ether oxygens (including phenoxy) is 1. The first-order chi connectivity index (χ1) is 8.65. The Hall–Kier alpha value is 0.0300. The van der Waals surface area contributed by atoms with E-state index in [0.717, 1.165) is 44.5 Å². The van der Waals surface area contributed by atoms with Gasteiger partial charge in [0.15, 0.2) is 0 Å². The lowest BCUT2D eigenvalue weighted by molar-refractivity contribution is -0.125. The van der Waals surface area contributed by atoms with Crippen LogP contribution in [-0.2, 0) is 9.53 Å². The summed E-state index contributed by atoms with van der Waals surface area (Å²) in [7, 11) is 0. The number of nitrogens with two attached hydrogens (primary N) is 1. The predicted molar refractivity (Wildman–Crippen MR) is 81.9 cm³/mol. The van der Waals surface area contributed by atoms with Crippen LogP contribution in [0.4, 0.5) is 0 Å². The zero-order chi connectivity index (χ0) is 13.0. The minimum Gasteiger partial charge on any atom is -0.374 e. The van der Waals surface area contributed by atoms with E-state index in [1.807, 2.05) is 18.7 Å². The van der Waals surface area contributed by atoms with Crippen LogP contribution in [-0.4, -0.2) is 41.7 Å². The maximum absolute atomic E-state index is 11.9. The lowest BCUT2D eigenvalue weighted by Gasteiger charge is -2.38. The molecule has 0 aromatic carbocycles. The van der Waals surface area contributed by atoms with Gasteiger partial charge in [0.05, 0.1) is 11.6 Å². The Morgan fingerprint density at radius 3 is 3.05 bits per heavy atom. The summed E-state index contributed by atoms with van der Waals surface area (Å²) in [5.41, 5.74) is 5.87. The molecule has 112 valence electrons. The van der Waals surface area contributed by atoms with Crippen LogP contribution in [0.5, 0.6) is 0 Å². The molecule has 2 fully saturated rings. The summed E-state index contributed by atoms with van der Waals surface area (Å²) in [6.07, 6.45) is 4.69. The van der Waals surface area contributed by atoms with E-state index >= 15 is 0 Å². The smallest absolute Gasteiger partial charge is 0.237 e. The van der Waals surface area contributed by atoms with E-state index in [4.69, 9.17) is 10.5 Å². The fraction of sp³-hybridized carbons (Fsp3) is 0.923. The van der Waals surface area contributed by atoms with Crippen molar-refractivity contribution >= 4 is 30.1 Å². The molecule has 3 N–H and O–H groups in total. The molecular formula is C13H25ClN2O2S.